The monoisotopic (exact) mass is 219 g/mol. The average Bonchev–Trinajstić information content (AvgIpc) is 2.24. The Labute approximate surface area is 98.0 Å². The fraction of sp³-hybridized carbons (Fsp3) is 0.571. The molecule has 1 saturated heterocycles. The molecule has 0 aliphatic carbocycles. The van der Waals surface area contributed by atoms with Crippen molar-refractivity contribution in [1.29, 1.82) is 0 Å². The number of methoxy groups -OCH3 is 1. The van der Waals surface area contributed by atoms with E-state index >= 15 is 0 Å². The highest BCUT2D eigenvalue weighted by molar-refractivity contribution is 5.40. The summed E-state index contributed by atoms with van der Waals surface area (Å²) >= 11 is 0. The van der Waals surface area contributed by atoms with Gasteiger partial charge in [0.05, 0.1) is 7.11 Å². The molecule has 1 aromatic rings. The molecule has 1 fully saturated rings. The highest BCUT2D eigenvalue weighted by atomic mass is 16.5. The SMILES string of the molecule is COc1ccc(C2CC(C)N2)cc1C(C)C. The van der Waals surface area contributed by atoms with Gasteiger partial charge in [-0.1, -0.05) is 26.0 Å². The van der Waals surface area contributed by atoms with Gasteiger partial charge in [0.25, 0.3) is 0 Å². The molecule has 1 N–H and O–H groups in total. The highest BCUT2D eigenvalue weighted by Gasteiger charge is 2.26. The highest BCUT2D eigenvalue weighted by Crippen LogP contribution is 2.33. The lowest BCUT2D eigenvalue weighted by atomic mass is 9.89. The van der Waals surface area contributed by atoms with Gasteiger partial charge in [-0.2, -0.15) is 0 Å². The van der Waals surface area contributed by atoms with Crippen LogP contribution in [0.4, 0.5) is 0 Å². The first kappa shape index (κ1) is 11.5. The van der Waals surface area contributed by atoms with E-state index in [1.165, 1.54) is 17.5 Å². The van der Waals surface area contributed by atoms with Crippen LogP contribution in [0, 0.1) is 0 Å². The van der Waals surface area contributed by atoms with E-state index in [2.05, 4.69) is 44.3 Å². The Morgan fingerprint density at radius 3 is 2.56 bits per heavy atom. The molecule has 2 nitrogen and oxygen atoms in total. The number of rotatable bonds is 3. The van der Waals surface area contributed by atoms with Crippen LogP contribution in [0.15, 0.2) is 18.2 Å². The van der Waals surface area contributed by atoms with E-state index in [-0.39, 0.29) is 0 Å². The molecule has 2 rings (SSSR count). The van der Waals surface area contributed by atoms with Crippen molar-refractivity contribution in [2.75, 3.05) is 7.11 Å². The van der Waals surface area contributed by atoms with Gasteiger partial charge in [0.2, 0.25) is 0 Å². The summed E-state index contributed by atoms with van der Waals surface area (Å²) in [6.45, 7) is 6.64. The normalized spacial score (nSPS) is 24.3. The van der Waals surface area contributed by atoms with Crippen LogP contribution in [-0.2, 0) is 0 Å². The average molecular weight is 219 g/mol. The lowest BCUT2D eigenvalue weighted by Crippen LogP contribution is -2.43. The van der Waals surface area contributed by atoms with Crippen LogP contribution in [0.3, 0.4) is 0 Å². The fourth-order valence-corrected chi connectivity index (χ4v) is 2.33. The number of ether oxygens (including phenoxy) is 1. The Morgan fingerprint density at radius 2 is 2.06 bits per heavy atom. The summed E-state index contributed by atoms with van der Waals surface area (Å²) in [7, 11) is 1.74. The first-order valence-electron chi connectivity index (χ1n) is 6.05. The maximum Gasteiger partial charge on any atom is 0.122 e. The first-order chi connectivity index (χ1) is 7.61. The number of hydrogen-bond donors (Lipinski definition) is 1. The Hall–Kier alpha value is -1.02. The number of benzene rings is 1. The van der Waals surface area contributed by atoms with Gasteiger partial charge in [-0.25, -0.2) is 0 Å². The molecular weight excluding hydrogens is 198 g/mol. The van der Waals surface area contributed by atoms with Crippen molar-refractivity contribution in [3.8, 4) is 5.75 Å². The maximum atomic E-state index is 5.39. The zero-order chi connectivity index (χ0) is 11.7. The predicted octanol–water partition coefficient (Wildman–Crippen LogP) is 3.24. The standard InChI is InChI=1S/C14H21NO/c1-9(2)12-8-11(5-6-14(12)16-4)13-7-10(3)15-13/h5-6,8-10,13,15H,7H2,1-4H3. The van der Waals surface area contributed by atoms with Crippen LogP contribution in [0.1, 0.15) is 50.3 Å². The van der Waals surface area contributed by atoms with Crippen molar-refractivity contribution in [2.45, 2.75) is 45.2 Å². The quantitative estimate of drug-likeness (QED) is 0.842. The van der Waals surface area contributed by atoms with E-state index in [9.17, 15) is 0 Å². The zero-order valence-corrected chi connectivity index (χ0v) is 10.6. The van der Waals surface area contributed by atoms with Gasteiger partial charge in [-0.3, -0.25) is 0 Å². The third kappa shape index (κ3) is 2.07. The third-order valence-electron chi connectivity index (χ3n) is 3.35. The molecule has 0 amide bonds. The van der Waals surface area contributed by atoms with Crippen molar-refractivity contribution in [2.24, 2.45) is 0 Å². The summed E-state index contributed by atoms with van der Waals surface area (Å²) in [4.78, 5) is 0. The molecule has 1 aromatic carbocycles. The zero-order valence-electron chi connectivity index (χ0n) is 10.6. The third-order valence-corrected chi connectivity index (χ3v) is 3.35. The second-order valence-electron chi connectivity index (χ2n) is 5.01. The molecule has 2 atom stereocenters. The lowest BCUT2D eigenvalue weighted by Gasteiger charge is -2.35. The minimum atomic E-state index is 0.507. The second kappa shape index (κ2) is 4.46. The second-order valence-corrected chi connectivity index (χ2v) is 5.01. The minimum absolute atomic E-state index is 0.507. The van der Waals surface area contributed by atoms with Crippen molar-refractivity contribution in [3.63, 3.8) is 0 Å². The maximum absolute atomic E-state index is 5.39. The molecule has 0 spiro atoms. The van der Waals surface area contributed by atoms with Crippen LogP contribution in [0.25, 0.3) is 0 Å². The van der Waals surface area contributed by atoms with Gasteiger partial charge in [0.1, 0.15) is 5.75 Å². The minimum Gasteiger partial charge on any atom is -0.496 e. The summed E-state index contributed by atoms with van der Waals surface area (Å²) in [6, 6.07) is 7.75. The van der Waals surface area contributed by atoms with E-state index < -0.39 is 0 Å². The van der Waals surface area contributed by atoms with Gasteiger partial charge in [0.15, 0.2) is 0 Å². The summed E-state index contributed by atoms with van der Waals surface area (Å²) in [5.41, 5.74) is 2.70. The van der Waals surface area contributed by atoms with Crippen LogP contribution in [0.5, 0.6) is 5.75 Å². The molecule has 88 valence electrons. The molecule has 1 aliphatic heterocycles. The van der Waals surface area contributed by atoms with E-state index in [4.69, 9.17) is 4.74 Å². The molecule has 0 aromatic heterocycles. The number of hydrogen-bond acceptors (Lipinski definition) is 2. The summed E-state index contributed by atoms with van der Waals surface area (Å²) < 4.78 is 5.39. The Morgan fingerprint density at radius 1 is 1.38 bits per heavy atom. The topological polar surface area (TPSA) is 21.3 Å². The van der Waals surface area contributed by atoms with Gasteiger partial charge < -0.3 is 10.1 Å². The largest absolute Gasteiger partial charge is 0.496 e. The van der Waals surface area contributed by atoms with Crippen molar-refractivity contribution < 1.29 is 4.74 Å². The Kier molecular flexibility index (Phi) is 3.20. The summed E-state index contributed by atoms with van der Waals surface area (Å²) in [5, 5.41) is 3.52. The van der Waals surface area contributed by atoms with Gasteiger partial charge in [0, 0.05) is 12.1 Å². The van der Waals surface area contributed by atoms with Crippen LogP contribution in [-0.4, -0.2) is 13.2 Å². The Bertz CT molecular complexity index is 367. The predicted molar refractivity (Wildman–Crippen MR) is 67.0 cm³/mol. The smallest absolute Gasteiger partial charge is 0.122 e. The summed E-state index contributed by atoms with van der Waals surface area (Å²) in [5.74, 6) is 1.51. The van der Waals surface area contributed by atoms with Crippen molar-refractivity contribution in [1.82, 2.24) is 5.32 Å². The first-order valence-corrected chi connectivity index (χ1v) is 6.05. The van der Waals surface area contributed by atoms with Crippen molar-refractivity contribution >= 4 is 0 Å². The molecule has 2 unspecified atom stereocenters. The molecule has 1 heterocycles. The van der Waals surface area contributed by atoms with Crippen LogP contribution >= 0.6 is 0 Å². The molecule has 0 bridgehead atoms. The molecular formula is C14H21NO. The van der Waals surface area contributed by atoms with E-state index in [0.29, 0.717) is 18.0 Å². The van der Waals surface area contributed by atoms with E-state index in [0.717, 1.165) is 5.75 Å². The molecule has 0 radical (unpaired) electrons. The Balaban J connectivity index is 2.25. The van der Waals surface area contributed by atoms with Gasteiger partial charge in [-0.15, -0.1) is 0 Å². The summed E-state index contributed by atoms with van der Waals surface area (Å²) in [6.07, 6.45) is 1.24. The molecule has 2 heteroatoms. The van der Waals surface area contributed by atoms with Crippen LogP contribution in [0.2, 0.25) is 0 Å². The van der Waals surface area contributed by atoms with Crippen LogP contribution < -0.4 is 10.1 Å². The van der Waals surface area contributed by atoms with Gasteiger partial charge in [-0.05, 0) is 36.5 Å². The molecule has 1 aliphatic rings. The fourth-order valence-electron chi connectivity index (χ4n) is 2.33. The van der Waals surface area contributed by atoms with Crippen molar-refractivity contribution in [3.05, 3.63) is 29.3 Å². The molecule has 0 saturated carbocycles. The van der Waals surface area contributed by atoms with E-state index in [1.54, 1.807) is 7.11 Å². The van der Waals surface area contributed by atoms with Gasteiger partial charge >= 0.3 is 0 Å². The molecule has 16 heavy (non-hydrogen) atoms. The number of nitrogens with one attached hydrogen (secondary N) is 1. The lowest BCUT2D eigenvalue weighted by molar-refractivity contribution is 0.287. The van der Waals surface area contributed by atoms with E-state index in [1.807, 2.05) is 0 Å².